The van der Waals surface area contributed by atoms with Crippen LogP contribution in [0.2, 0.25) is 0 Å². The molecule has 1 aromatic heterocycles. The van der Waals surface area contributed by atoms with Gasteiger partial charge in [0.25, 0.3) is 0 Å². The van der Waals surface area contributed by atoms with Crippen LogP contribution in [0.4, 0.5) is 0 Å². The Morgan fingerprint density at radius 3 is 3.00 bits per heavy atom. The number of nitrogens with zero attached hydrogens (tertiary/aromatic N) is 3. The minimum Gasteiger partial charge on any atom is -0.390 e. The Hall–Kier alpha value is -1.36. The molecule has 0 spiro atoms. The summed E-state index contributed by atoms with van der Waals surface area (Å²) in [4.78, 5) is 18.9. The lowest BCUT2D eigenvalue weighted by atomic mass is 9.69. The summed E-state index contributed by atoms with van der Waals surface area (Å²) in [5.74, 6) is 2.00. The Balaban J connectivity index is 1.59. The molecule has 0 aromatic carbocycles. The van der Waals surface area contributed by atoms with Gasteiger partial charge in [0, 0.05) is 50.8 Å². The molecule has 2 fully saturated rings. The third kappa shape index (κ3) is 3.16. The van der Waals surface area contributed by atoms with Crippen LogP contribution in [0.1, 0.15) is 51.8 Å². The maximum atomic E-state index is 12.6. The summed E-state index contributed by atoms with van der Waals surface area (Å²) in [6.45, 7) is 6.41. The van der Waals surface area contributed by atoms with E-state index in [1.54, 1.807) is 6.20 Å². The molecule has 2 aliphatic rings. The van der Waals surface area contributed by atoms with Gasteiger partial charge < -0.3 is 14.6 Å². The number of carbonyl (C=O) groups excluding carboxylic acids is 1. The quantitative estimate of drug-likeness (QED) is 0.905. The number of aromatic nitrogens is 2. The molecule has 1 aromatic rings. The minimum atomic E-state index is -0.558. The largest absolute Gasteiger partial charge is 0.390 e. The monoisotopic (exact) mass is 319 g/mol. The number of rotatable bonds is 5. The molecule has 3 rings (SSSR count). The molecule has 5 nitrogen and oxygen atoms in total. The van der Waals surface area contributed by atoms with Crippen molar-refractivity contribution >= 4 is 5.91 Å². The van der Waals surface area contributed by atoms with E-state index in [4.69, 9.17) is 0 Å². The molecule has 0 bridgehead atoms. The molecule has 23 heavy (non-hydrogen) atoms. The van der Waals surface area contributed by atoms with E-state index in [1.165, 1.54) is 0 Å². The van der Waals surface area contributed by atoms with Crippen LogP contribution in [-0.4, -0.2) is 44.2 Å². The Bertz CT molecular complexity index is 556. The highest BCUT2D eigenvalue weighted by Crippen LogP contribution is 2.44. The highest BCUT2D eigenvalue weighted by Gasteiger charge is 2.48. The second-order valence-corrected chi connectivity index (χ2v) is 7.16. The van der Waals surface area contributed by atoms with Crippen molar-refractivity contribution in [2.24, 2.45) is 11.8 Å². The fraction of sp³-hybridized carbons (Fsp3) is 0.778. The predicted molar refractivity (Wildman–Crippen MR) is 88.9 cm³/mol. The molecule has 1 amide bonds. The van der Waals surface area contributed by atoms with Gasteiger partial charge in [-0.2, -0.15) is 0 Å². The number of fused-ring (bicyclic) bond motifs is 1. The third-order valence-electron chi connectivity index (χ3n) is 5.97. The van der Waals surface area contributed by atoms with Crippen LogP contribution in [0, 0.1) is 11.8 Å². The van der Waals surface area contributed by atoms with E-state index in [1.807, 2.05) is 11.1 Å². The van der Waals surface area contributed by atoms with Gasteiger partial charge in [0.2, 0.25) is 5.91 Å². The van der Waals surface area contributed by atoms with Gasteiger partial charge in [0.1, 0.15) is 5.82 Å². The number of aryl methyl sites for hydroxylation is 2. The Kier molecular flexibility index (Phi) is 4.76. The van der Waals surface area contributed by atoms with Crippen molar-refractivity contribution in [3.8, 4) is 0 Å². The van der Waals surface area contributed by atoms with Crippen LogP contribution < -0.4 is 0 Å². The van der Waals surface area contributed by atoms with Gasteiger partial charge in [-0.25, -0.2) is 4.98 Å². The average molecular weight is 319 g/mol. The highest BCUT2D eigenvalue weighted by molar-refractivity contribution is 5.76. The van der Waals surface area contributed by atoms with Crippen LogP contribution in [0.3, 0.4) is 0 Å². The summed E-state index contributed by atoms with van der Waals surface area (Å²) in [5.41, 5.74) is -0.558. The molecule has 1 N–H and O–H groups in total. The van der Waals surface area contributed by atoms with Crippen LogP contribution in [0.5, 0.6) is 0 Å². The number of imidazole rings is 1. The van der Waals surface area contributed by atoms with Gasteiger partial charge in [-0.05, 0) is 25.2 Å². The first kappa shape index (κ1) is 16.5. The Morgan fingerprint density at radius 1 is 1.43 bits per heavy atom. The van der Waals surface area contributed by atoms with Gasteiger partial charge in [-0.15, -0.1) is 0 Å². The average Bonchev–Trinajstić information content (AvgIpc) is 3.19. The smallest absolute Gasteiger partial charge is 0.224 e. The first-order chi connectivity index (χ1) is 11.1. The maximum Gasteiger partial charge on any atom is 0.224 e. The van der Waals surface area contributed by atoms with Crippen molar-refractivity contribution in [1.29, 1.82) is 0 Å². The second-order valence-electron chi connectivity index (χ2n) is 7.16. The lowest BCUT2D eigenvalue weighted by Crippen LogP contribution is -2.44. The van der Waals surface area contributed by atoms with E-state index in [2.05, 4.69) is 23.4 Å². The van der Waals surface area contributed by atoms with Crippen LogP contribution in [0.15, 0.2) is 12.4 Å². The van der Waals surface area contributed by atoms with E-state index in [-0.39, 0.29) is 11.8 Å². The van der Waals surface area contributed by atoms with E-state index in [9.17, 15) is 9.90 Å². The summed E-state index contributed by atoms with van der Waals surface area (Å²) < 4.78 is 2.07. The van der Waals surface area contributed by atoms with Gasteiger partial charge in [-0.3, -0.25) is 4.79 Å². The summed E-state index contributed by atoms with van der Waals surface area (Å²) in [6.07, 6.45) is 9.08. The summed E-state index contributed by atoms with van der Waals surface area (Å²) in [5, 5.41) is 10.8. The number of likely N-dealkylation sites (tertiary alicyclic amines) is 1. The van der Waals surface area contributed by atoms with Crippen LogP contribution in [0.25, 0.3) is 0 Å². The van der Waals surface area contributed by atoms with Gasteiger partial charge >= 0.3 is 0 Å². The summed E-state index contributed by atoms with van der Waals surface area (Å²) >= 11 is 0. The molecule has 1 aliphatic heterocycles. The topological polar surface area (TPSA) is 58.4 Å². The molecule has 0 radical (unpaired) electrons. The number of carbonyl (C=O) groups is 1. The molecule has 3 atom stereocenters. The number of hydrogen-bond donors (Lipinski definition) is 1. The third-order valence-corrected chi connectivity index (χ3v) is 5.97. The van der Waals surface area contributed by atoms with Crippen molar-refractivity contribution in [1.82, 2.24) is 14.5 Å². The van der Waals surface area contributed by atoms with Crippen molar-refractivity contribution in [3.05, 3.63) is 18.2 Å². The zero-order valence-corrected chi connectivity index (χ0v) is 14.4. The maximum absolute atomic E-state index is 12.6. The van der Waals surface area contributed by atoms with Crippen LogP contribution >= 0.6 is 0 Å². The molecule has 0 unspecified atom stereocenters. The zero-order valence-electron chi connectivity index (χ0n) is 14.4. The first-order valence-electron chi connectivity index (χ1n) is 9.07. The lowest BCUT2D eigenvalue weighted by molar-refractivity contribution is -0.131. The molecule has 1 aliphatic carbocycles. The standard InChI is InChI=1S/C18H29N3O2/c1-3-16-19-9-11-20(16)10-7-17(22)21-12-14-6-5-8-18(23,4-2)15(14)13-21/h9,11,14-15,23H,3-8,10,12-13H2,1-2H3/t14-,15+,18-/m0/s1. The van der Waals surface area contributed by atoms with Gasteiger partial charge in [0.05, 0.1) is 5.60 Å². The summed E-state index contributed by atoms with van der Waals surface area (Å²) in [7, 11) is 0. The van der Waals surface area contributed by atoms with Crippen molar-refractivity contribution < 1.29 is 9.90 Å². The van der Waals surface area contributed by atoms with E-state index in [0.29, 0.717) is 18.9 Å². The number of amides is 1. The van der Waals surface area contributed by atoms with Crippen molar-refractivity contribution in [2.45, 2.75) is 64.5 Å². The molecular formula is C18H29N3O2. The first-order valence-corrected chi connectivity index (χ1v) is 9.07. The molecule has 1 saturated heterocycles. The predicted octanol–water partition coefficient (Wildman–Crippen LogP) is 2.24. The molecule has 2 heterocycles. The van der Waals surface area contributed by atoms with Crippen molar-refractivity contribution in [3.63, 3.8) is 0 Å². The normalized spacial score (nSPS) is 30.5. The molecule has 1 saturated carbocycles. The highest BCUT2D eigenvalue weighted by atomic mass is 16.3. The number of aliphatic hydroxyl groups is 1. The minimum absolute atomic E-state index is 0.216. The zero-order chi connectivity index (χ0) is 16.4. The lowest BCUT2D eigenvalue weighted by Gasteiger charge is -2.40. The van der Waals surface area contributed by atoms with Crippen molar-refractivity contribution in [2.75, 3.05) is 13.1 Å². The molecule has 128 valence electrons. The molecular weight excluding hydrogens is 290 g/mol. The van der Waals surface area contributed by atoms with E-state index < -0.39 is 5.60 Å². The van der Waals surface area contributed by atoms with E-state index in [0.717, 1.165) is 51.0 Å². The Morgan fingerprint density at radius 2 is 2.26 bits per heavy atom. The fourth-order valence-electron chi connectivity index (χ4n) is 4.50. The van der Waals surface area contributed by atoms with Crippen LogP contribution in [-0.2, 0) is 17.8 Å². The number of hydrogen-bond acceptors (Lipinski definition) is 3. The van der Waals surface area contributed by atoms with Gasteiger partial charge in [0.15, 0.2) is 0 Å². The van der Waals surface area contributed by atoms with E-state index >= 15 is 0 Å². The SMILES string of the molecule is CCc1nccn1CCC(=O)N1C[C@@H]2CCC[C@@](O)(CC)[C@@H]2C1. The Labute approximate surface area is 138 Å². The van der Waals surface area contributed by atoms with Gasteiger partial charge in [-0.1, -0.05) is 20.3 Å². The fourth-order valence-corrected chi connectivity index (χ4v) is 4.50. The molecule has 5 heteroatoms. The second kappa shape index (κ2) is 6.63. The summed E-state index contributed by atoms with van der Waals surface area (Å²) in [6, 6.07) is 0.